The predicted molar refractivity (Wildman–Crippen MR) is 77.9 cm³/mol. The lowest BCUT2D eigenvalue weighted by Crippen LogP contribution is -2.37. The number of unbranched alkanes of at least 4 members (excludes halogenated alkanes) is 1. The molecule has 2 N–H and O–H groups in total. The summed E-state index contributed by atoms with van der Waals surface area (Å²) < 4.78 is 1.89. The number of hydrogen-bond acceptors (Lipinski definition) is 3. The van der Waals surface area contributed by atoms with Crippen molar-refractivity contribution in [1.82, 2.24) is 25.4 Å². The van der Waals surface area contributed by atoms with Gasteiger partial charge in [-0.3, -0.25) is 4.99 Å². The van der Waals surface area contributed by atoms with Crippen LogP contribution in [0.25, 0.3) is 0 Å². The molecule has 0 atom stereocenters. The number of hydrogen-bond donors (Lipinski definition) is 2. The lowest BCUT2D eigenvalue weighted by atomic mass is 10.1. The van der Waals surface area contributed by atoms with E-state index in [4.69, 9.17) is 0 Å². The van der Waals surface area contributed by atoms with Crippen LogP contribution in [0, 0.1) is 5.92 Å². The van der Waals surface area contributed by atoms with Gasteiger partial charge in [0.05, 0.1) is 6.54 Å². The van der Waals surface area contributed by atoms with Crippen molar-refractivity contribution in [2.24, 2.45) is 18.0 Å². The average Bonchev–Trinajstić information content (AvgIpc) is 2.78. The van der Waals surface area contributed by atoms with Crippen molar-refractivity contribution < 1.29 is 0 Å². The molecule has 0 aliphatic heterocycles. The molecule has 0 aromatic carbocycles. The first-order valence-corrected chi connectivity index (χ1v) is 6.91. The summed E-state index contributed by atoms with van der Waals surface area (Å²) in [6.07, 6.45) is 5.40. The quantitative estimate of drug-likeness (QED) is 0.443. The van der Waals surface area contributed by atoms with Crippen LogP contribution < -0.4 is 10.6 Å². The minimum absolute atomic E-state index is 0.627. The van der Waals surface area contributed by atoms with Crippen LogP contribution in [-0.2, 0) is 13.6 Å². The van der Waals surface area contributed by atoms with Crippen LogP contribution in [0.15, 0.2) is 11.3 Å². The van der Waals surface area contributed by atoms with Gasteiger partial charge >= 0.3 is 0 Å². The van der Waals surface area contributed by atoms with Gasteiger partial charge in [-0.2, -0.15) is 0 Å². The first kappa shape index (κ1) is 15.5. The molecule has 6 heteroatoms. The zero-order valence-corrected chi connectivity index (χ0v) is 12.5. The molecule has 0 saturated carbocycles. The number of rotatable bonds is 7. The zero-order valence-electron chi connectivity index (χ0n) is 12.5. The van der Waals surface area contributed by atoms with E-state index in [1.54, 1.807) is 13.4 Å². The third-order valence-corrected chi connectivity index (χ3v) is 2.94. The molecule has 0 unspecified atom stereocenters. The van der Waals surface area contributed by atoms with E-state index in [0.29, 0.717) is 6.54 Å². The third kappa shape index (κ3) is 6.22. The van der Waals surface area contributed by atoms with Crippen LogP contribution in [0.1, 0.15) is 38.9 Å². The van der Waals surface area contributed by atoms with E-state index < -0.39 is 0 Å². The molecular weight excluding hydrogens is 240 g/mol. The molecule has 0 saturated heterocycles. The highest BCUT2D eigenvalue weighted by atomic mass is 15.3. The van der Waals surface area contributed by atoms with Crippen molar-refractivity contribution in [2.45, 2.75) is 39.7 Å². The van der Waals surface area contributed by atoms with E-state index in [2.05, 4.69) is 39.7 Å². The van der Waals surface area contributed by atoms with Gasteiger partial charge in [0, 0.05) is 20.6 Å². The largest absolute Gasteiger partial charge is 0.356 e. The third-order valence-electron chi connectivity index (χ3n) is 2.94. The van der Waals surface area contributed by atoms with Gasteiger partial charge < -0.3 is 15.2 Å². The summed E-state index contributed by atoms with van der Waals surface area (Å²) in [5.41, 5.74) is 0. The second-order valence-electron chi connectivity index (χ2n) is 5.10. The molecule has 1 rings (SSSR count). The van der Waals surface area contributed by atoms with Crippen molar-refractivity contribution in [3.8, 4) is 0 Å². The molecule has 1 aromatic heterocycles. The molecule has 0 radical (unpaired) electrons. The van der Waals surface area contributed by atoms with Gasteiger partial charge in [-0.1, -0.05) is 26.7 Å². The van der Waals surface area contributed by atoms with Crippen molar-refractivity contribution in [3.05, 3.63) is 12.2 Å². The maximum atomic E-state index is 4.19. The van der Waals surface area contributed by atoms with E-state index in [1.165, 1.54) is 19.3 Å². The molecule has 0 fully saturated rings. The van der Waals surface area contributed by atoms with Gasteiger partial charge in [0.2, 0.25) is 0 Å². The molecule has 0 spiro atoms. The first-order chi connectivity index (χ1) is 9.13. The number of nitrogens with zero attached hydrogens (tertiary/aromatic N) is 4. The van der Waals surface area contributed by atoms with Crippen LogP contribution >= 0.6 is 0 Å². The van der Waals surface area contributed by atoms with Crippen molar-refractivity contribution in [2.75, 3.05) is 13.6 Å². The summed E-state index contributed by atoms with van der Waals surface area (Å²) >= 11 is 0. The Morgan fingerprint density at radius 3 is 2.74 bits per heavy atom. The molecular formula is C13H26N6. The first-order valence-electron chi connectivity index (χ1n) is 6.91. The number of nitrogens with one attached hydrogen (secondary N) is 2. The predicted octanol–water partition coefficient (Wildman–Crippen LogP) is 1.31. The summed E-state index contributed by atoms with van der Waals surface area (Å²) in [5.74, 6) is 2.49. The second-order valence-corrected chi connectivity index (χ2v) is 5.10. The standard InChI is InChI=1S/C13H26N6/c1-11(2)7-5-6-8-15-13(14-3)16-9-12-18-17-10-19(12)4/h10-11H,5-9H2,1-4H3,(H2,14,15,16). The summed E-state index contributed by atoms with van der Waals surface area (Å²) in [7, 11) is 3.71. The molecule has 1 aromatic rings. The Bertz CT molecular complexity index is 382. The molecule has 1 heterocycles. The average molecular weight is 266 g/mol. The van der Waals surface area contributed by atoms with Crippen LogP contribution in [0.3, 0.4) is 0 Å². The van der Waals surface area contributed by atoms with E-state index >= 15 is 0 Å². The van der Waals surface area contributed by atoms with E-state index in [1.807, 2.05) is 11.6 Å². The number of aromatic nitrogens is 3. The highest BCUT2D eigenvalue weighted by molar-refractivity contribution is 5.79. The number of aryl methyl sites for hydroxylation is 1. The number of guanidine groups is 1. The monoisotopic (exact) mass is 266 g/mol. The Hall–Kier alpha value is -1.59. The Balaban J connectivity index is 2.18. The Morgan fingerprint density at radius 2 is 2.16 bits per heavy atom. The summed E-state index contributed by atoms with van der Waals surface area (Å²) in [5, 5.41) is 14.4. The lowest BCUT2D eigenvalue weighted by molar-refractivity contribution is 0.534. The van der Waals surface area contributed by atoms with Gasteiger partial charge in [0.25, 0.3) is 0 Å². The zero-order chi connectivity index (χ0) is 14.1. The summed E-state index contributed by atoms with van der Waals surface area (Å²) in [6.45, 7) is 6.09. The van der Waals surface area contributed by atoms with Gasteiger partial charge in [0.15, 0.2) is 11.8 Å². The smallest absolute Gasteiger partial charge is 0.191 e. The Kier molecular flexibility index (Phi) is 6.92. The van der Waals surface area contributed by atoms with Crippen molar-refractivity contribution >= 4 is 5.96 Å². The summed E-state index contributed by atoms with van der Waals surface area (Å²) in [6, 6.07) is 0. The maximum absolute atomic E-state index is 4.19. The maximum Gasteiger partial charge on any atom is 0.191 e. The van der Waals surface area contributed by atoms with Crippen molar-refractivity contribution in [3.63, 3.8) is 0 Å². The van der Waals surface area contributed by atoms with Gasteiger partial charge in [0.1, 0.15) is 6.33 Å². The fraction of sp³-hybridized carbons (Fsp3) is 0.769. The fourth-order valence-electron chi connectivity index (χ4n) is 1.73. The molecule has 0 bridgehead atoms. The minimum Gasteiger partial charge on any atom is -0.356 e. The SMILES string of the molecule is CN=C(NCCCCC(C)C)NCc1nncn1C. The highest BCUT2D eigenvalue weighted by Crippen LogP contribution is 2.04. The lowest BCUT2D eigenvalue weighted by Gasteiger charge is -2.11. The van der Waals surface area contributed by atoms with E-state index in [9.17, 15) is 0 Å². The summed E-state index contributed by atoms with van der Waals surface area (Å²) in [4.78, 5) is 4.19. The van der Waals surface area contributed by atoms with Crippen LogP contribution in [0.2, 0.25) is 0 Å². The van der Waals surface area contributed by atoms with E-state index in [-0.39, 0.29) is 0 Å². The fourth-order valence-corrected chi connectivity index (χ4v) is 1.73. The van der Waals surface area contributed by atoms with Gasteiger partial charge in [-0.15, -0.1) is 10.2 Å². The molecule has 108 valence electrons. The normalized spacial score (nSPS) is 11.9. The topological polar surface area (TPSA) is 67.1 Å². The van der Waals surface area contributed by atoms with Gasteiger partial charge in [-0.05, 0) is 12.3 Å². The second kappa shape index (κ2) is 8.50. The van der Waals surface area contributed by atoms with E-state index in [0.717, 1.165) is 24.2 Å². The number of aliphatic imine (C=N–C) groups is 1. The van der Waals surface area contributed by atoms with Crippen LogP contribution in [0.4, 0.5) is 0 Å². The molecule has 0 aliphatic rings. The van der Waals surface area contributed by atoms with Crippen LogP contribution in [0.5, 0.6) is 0 Å². The molecule has 6 nitrogen and oxygen atoms in total. The Morgan fingerprint density at radius 1 is 1.37 bits per heavy atom. The van der Waals surface area contributed by atoms with Crippen molar-refractivity contribution in [1.29, 1.82) is 0 Å². The van der Waals surface area contributed by atoms with Gasteiger partial charge in [-0.25, -0.2) is 0 Å². The Labute approximate surface area is 115 Å². The van der Waals surface area contributed by atoms with Crippen LogP contribution in [-0.4, -0.2) is 34.3 Å². The minimum atomic E-state index is 0.627. The molecule has 0 aliphatic carbocycles. The molecule has 19 heavy (non-hydrogen) atoms. The molecule has 0 amide bonds. The highest BCUT2D eigenvalue weighted by Gasteiger charge is 2.02.